The van der Waals surface area contributed by atoms with Gasteiger partial charge in [-0.05, 0) is 76.5 Å². The molecular weight excluding hydrogens is 679 g/mol. The zero-order valence-corrected chi connectivity index (χ0v) is 35.8. The molecule has 0 aliphatic carbocycles. The van der Waals surface area contributed by atoms with Gasteiger partial charge in [0.1, 0.15) is 0 Å². The van der Waals surface area contributed by atoms with Crippen LogP contribution in [0.2, 0.25) is 0 Å². The van der Waals surface area contributed by atoms with Crippen LogP contribution >= 0.6 is 0 Å². The van der Waals surface area contributed by atoms with Crippen molar-refractivity contribution in [3.8, 4) is 0 Å². The Morgan fingerprint density at radius 2 is 1.60 bits per heavy atom. The molecule has 12 heteroatoms. The van der Waals surface area contributed by atoms with E-state index in [0.29, 0.717) is 6.42 Å². The molecule has 0 radical (unpaired) electrons. The van der Waals surface area contributed by atoms with E-state index in [1.165, 1.54) is 0 Å². The molecule has 0 aromatic rings. The van der Waals surface area contributed by atoms with Gasteiger partial charge in [0.2, 0.25) is 0 Å². The summed E-state index contributed by atoms with van der Waals surface area (Å²) in [6, 6.07) is 0. The van der Waals surface area contributed by atoms with E-state index in [0.717, 1.165) is 51.4 Å². The van der Waals surface area contributed by atoms with E-state index >= 15 is 0 Å². The first kappa shape index (κ1) is 43.2. The van der Waals surface area contributed by atoms with Crippen molar-refractivity contribution < 1.29 is 82.8 Å². The first-order valence-electron chi connectivity index (χ1n) is 20.0. The standard InChI is InChI=1S/C40H68O11.Na/c1-21-11-12-28(46-33(21)26(6)36(42)43)17-29-18-30(45-10)27(7)40(48-29)25(5)19-38(9,51-40)32-13-14-37(8,49-32)35-23(3)16-31(47-35)34-22(2)15-24(4)39(44,20-41)50-34;/h21-35,41,44H,11-20H2,1-10H3,(H,42,43);/q;+1/p-1/t21-,22-,23-,24+,25+,26-,27+,28+,29+,30+,31+,32+,33+,34-,35+,37-,38-,39-,40+;/m0./s1. The van der Waals surface area contributed by atoms with Gasteiger partial charge in [-0.25, -0.2) is 0 Å². The number of aliphatic hydroxyl groups excluding tert-OH is 1. The second kappa shape index (κ2) is 16.2. The second-order valence-electron chi connectivity index (χ2n) is 18.4. The van der Waals surface area contributed by atoms with Crippen molar-refractivity contribution in [1.29, 1.82) is 0 Å². The van der Waals surface area contributed by atoms with Gasteiger partial charge in [-0.1, -0.05) is 48.5 Å². The van der Waals surface area contributed by atoms with Crippen LogP contribution in [0.1, 0.15) is 120 Å². The molecule has 2 N–H and O–H groups in total. The summed E-state index contributed by atoms with van der Waals surface area (Å²) in [6.45, 7) is 18.3. The van der Waals surface area contributed by atoms with E-state index < -0.39 is 41.3 Å². The molecule has 6 aliphatic rings. The summed E-state index contributed by atoms with van der Waals surface area (Å²) >= 11 is 0. The Bertz CT molecular complexity index is 1240. The van der Waals surface area contributed by atoms with Gasteiger partial charge in [0, 0.05) is 49.6 Å². The molecule has 0 saturated carbocycles. The Labute approximate surface area is 334 Å². The molecule has 0 unspecified atom stereocenters. The molecule has 6 heterocycles. The Kier molecular flexibility index (Phi) is 13.4. The predicted molar refractivity (Wildman–Crippen MR) is 186 cm³/mol. The number of rotatable bonds is 9. The van der Waals surface area contributed by atoms with Crippen LogP contribution < -0.4 is 34.7 Å². The quantitative estimate of drug-likeness (QED) is 0.331. The van der Waals surface area contributed by atoms with E-state index in [1.54, 1.807) is 14.0 Å². The van der Waals surface area contributed by atoms with Crippen LogP contribution in [-0.4, -0.2) is 102 Å². The summed E-state index contributed by atoms with van der Waals surface area (Å²) in [6.07, 6.45) is 5.62. The minimum atomic E-state index is -1.55. The zero-order valence-electron chi connectivity index (χ0n) is 33.8. The number of ether oxygens (including phenoxy) is 7. The third-order valence-electron chi connectivity index (χ3n) is 14.4. The summed E-state index contributed by atoms with van der Waals surface area (Å²) < 4.78 is 46.9. The number of methoxy groups -OCH3 is 1. The minimum absolute atomic E-state index is 0. The molecule has 1 spiro atoms. The fraction of sp³-hybridized carbons (Fsp3) is 0.975. The van der Waals surface area contributed by atoms with Gasteiger partial charge in [0.25, 0.3) is 0 Å². The summed E-state index contributed by atoms with van der Waals surface area (Å²) in [5.41, 5.74) is -1.11. The molecule has 0 aromatic heterocycles. The molecule has 294 valence electrons. The normalized spacial score (nSPS) is 53.2. The molecule has 11 nitrogen and oxygen atoms in total. The molecule has 19 atom stereocenters. The van der Waals surface area contributed by atoms with E-state index in [4.69, 9.17) is 33.2 Å². The molecule has 6 fully saturated rings. The molecule has 0 aromatic carbocycles. The molecule has 6 saturated heterocycles. The number of hydrogen-bond acceptors (Lipinski definition) is 11. The number of carboxylic acid groups (broad SMARTS) is 1. The van der Waals surface area contributed by atoms with Crippen LogP contribution in [0.25, 0.3) is 0 Å². The number of carboxylic acids is 1. The van der Waals surface area contributed by atoms with Gasteiger partial charge in [-0.3, -0.25) is 0 Å². The van der Waals surface area contributed by atoms with E-state index in [1.807, 2.05) is 6.92 Å². The Balaban J connectivity index is 0.00000523. The number of hydrogen-bond donors (Lipinski definition) is 2. The maximum absolute atomic E-state index is 11.7. The Morgan fingerprint density at radius 1 is 0.885 bits per heavy atom. The summed E-state index contributed by atoms with van der Waals surface area (Å²) in [4.78, 5) is 11.7. The van der Waals surface area contributed by atoms with Crippen molar-refractivity contribution in [2.75, 3.05) is 13.7 Å². The van der Waals surface area contributed by atoms with Gasteiger partial charge in [-0.15, -0.1) is 0 Å². The SMILES string of the molecule is CO[C@@H]1C[C@@H](C[C@H]2CC[C@H](C)[C@H]([C@H](C)C(=O)[O-])O2)O[C@]2(O[C@](C)([C@H]3CC[C@@](C)([C@@H]4O[C@@H]([C@H]5O[C@@](O)(CO)[C@H](C)C[C@@H]5C)C[C@@H]4C)O3)C[C@H]2C)[C@@H]1C.[Na+]. The number of carbonyl (C=O) groups is 1. The van der Waals surface area contributed by atoms with Crippen LogP contribution in [0.5, 0.6) is 0 Å². The molecular formula is C40H67NaO11. The monoisotopic (exact) mass is 746 g/mol. The van der Waals surface area contributed by atoms with Crippen molar-refractivity contribution in [1.82, 2.24) is 0 Å². The largest absolute Gasteiger partial charge is 1.00 e. The number of carbonyl (C=O) groups excluding carboxylic acids is 1. The molecule has 6 aliphatic heterocycles. The summed E-state index contributed by atoms with van der Waals surface area (Å²) in [5.74, 6) is -3.70. The maximum Gasteiger partial charge on any atom is 1.00 e. The third kappa shape index (κ3) is 7.85. The van der Waals surface area contributed by atoms with Crippen LogP contribution in [-0.2, 0) is 38.0 Å². The Hall–Kier alpha value is 0.110. The van der Waals surface area contributed by atoms with E-state index in [9.17, 15) is 20.1 Å². The molecule has 6 rings (SSSR count). The van der Waals surface area contributed by atoms with Gasteiger partial charge in [-0.2, -0.15) is 0 Å². The second-order valence-corrected chi connectivity index (χ2v) is 18.4. The van der Waals surface area contributed by atoms with Gasteiger partial charge < -0.3 is 53.3 Å². The van der Waals surface area contributed by atoms with Gasteiger partial charge in [0.05, 0.1) is 66.6 Å². The molecule has 0 amide bonds. The smallest absolute Gasteiger partial charge is 0.550 e. The van der Waals surface area contributed by atoms with E-state index in [2.05, 4.69) is 48.5 Å². The fourth-order valence-electron chi connectivity index (χ4n) is 11.3. The van der Waals surface area contributed by atoms with Crippen molar-refractivity contribution in [3.63, 3.8) is 0 Å². The number of aliphatic hydroxyl groups is 2. The maximum atomic E-state index is 11.7. The summed E-state index contributed by atoms with van der Waals surface area (Å²) in [5, 5.41) is 32.7. The Morgan fingerprint density at radius 3 is 2.25 bits per heavy atom. The topological polar surface area (TPSA) is 145 Å². The summed E-state index contributed by atoms with van der Waals surface area (Å²) in [7, 11) is 1.76. The third-order valence-corrected chi connectivity index (χ3v) is 14.4. The van der Waals surface area contributed by atoms with E-state index in [-0.39, 0.29) is 114 Å². The van der Waals surface area contributed by atoms with Crippen molar-refractivity contribution in [2.45, 2.75) is 192 Å². The van der Waals surface area contributed by atoms with Crippen LogP contribution in [0, 0.1) is 41.4 Å². The van der Waals surface area contributed by atoms with Crippen LogP contribution in [0.4, 0.5) is 0 Å². The van der Waals surface area contributed by atoms with Crippen LogP contribution in [0.15, 0.2) is 0 Å². The number of aliphatic carboxylic acids is 1. The van der Waals surface area contributed by atoms with Crippen LogP contribution in [0.3, 0.4) is 0 Å². The minimum Gasteiger partial charge on any atom is -0.550 e. The fourth-order valence-corrected chi connectivity index (χ4v) is 11.3. The van der Waals surface area contributed by atoms with Crippen molar-refractivity contribution in [3.05, 3.63) is 0 Å². The first-order valence-corrected chi connectivity index (χ1v) is 20.0. The average Bonchev–Trinajstić information content (AvgIpc) is 3.75. The molecule has 0 bridgehead atoms. The van der Waals surface area contributed by atoms with Crippen molar-refractivity contribution >= 4 is 5.97 Å². The van der Waals surface area contributed by atoms with Crippen molar-refractivity contribution in [2.24, 2.45) is 41.4 Å². The van der Waals surface area contributed by atoms with Gasteiger partial charge >= 0.3 is 29.6 Å². The average molecular weight is 747 g/mol. The predicted octanol–water partition coefficient (Wildman–Crippen LogP) is 1.37. The van der Waals surface area contributed by atoms with Gasteiger partial charge in [0.15, 0.2) is 11.6 Å². The zero-order chi connectivity index (χ0) is 37.3. The first-order chi connectivity index (χ1) is 23.9. The molecule has 52 heavy (non-hydrogen) atoms.